The minimum absolute atomic E-state index is 0.00647. The molecule has 112 valence electrons. The van der Waals surface area contributed by atoms with Crippen LogP contribution in [0.1, 0.15) is 0 Å². The lowest BCUT2D eigenvalue weighted by molar-refractivity contribution is 0.108. The van der Waals surface area contributed by atoms with Gasteiger partial charge in [0.2, 0.25) is 0 Å². The van der Waals surface area contributed by atoms with Crippen LogP contribution in [0.15, 0.2) is 35.8 Å². The smallest absolute Gasteiger partial charge is 0.321 e. The van der Waals surface area contributed by atoms with E-state index in [1.165, 1.54) is 29.5 Å². The Labute approximate surface area is 124 Å². The van der Waals surface area contributed by atoms with E-state index in [-0.39, 0.29) is 13.2 Å². The molecule has 0 aliphatic rings. The number of carbonyl (C=O) groups excluding carboxylic acids is 1. The summed E-state index contributed by atoms with van der Waals surface area (Å²) in [7, 11) is 0. The average Bonchev–Trinajstić information content (AvgIpc) is 2.96. The third-order valence-corrected chi connectivity index (χ3v) is 3.08. The van der Waals surface area contributed by atoms with Crippen LogP contribution in [0.2, 0.25) is 0 Å². The number of carbonyl (C=O) groups is 1. The number of aromatic nitrogens is 1. The fourth-order valence-corrected chi connectivity index (χ4v) is 1.97. The third kappa shape index (κ3) is 5.36. The molecule has 0 fully saturated rings. The predicted molar refractivity (Wildman–Crippen MR) is 77.0 cm³/mol. The molecule has 2 rings (SSSR count). The maximum atomic E-state index is 12.9. The standard InChI is InChI=1S/C13H14FN3O3S/c14-9-2-1-3-11(6-9)20-8-10(18)7-16-12(19)17-13-15-4-5-21-13/h1-6,10,18H,7-8H2,(H2,15,16,17,19)/t10-/m0/s1. The van der Waals surface area contributed by atoms with Crippen LogP contribution in [-0.4, -0.2) is 35.4 Å². The summed E-state index contributed by atoms with van der Waals surface area (Å²) in [5, 5.41) is 16.9. The lowest BCUT2D eigenvalue weighted by Gasteiger charge is -2.13. The number of aliphatic hydroxyl groups is 1. The Hall–Kier alpha value is -2.19. The van der Waals surface area contributed by atoms with Crippen LogP contribution in [0.3, 0.4) is 0 Å². The Bertz CT molecular complexity index is 580. The van der Waals surface area contributed by atoms with Crippen molar-refractivity contribution in [3.05, 3.63) is 41.7 Å². The molecule has 0 aliphatic carbocycles. The fourth-order valence-electron chi connectivity index (χ4n) is 1.45. The number of amides is 2. The molecule has 0 saturated carbocycles. The Morgan fingerprint density at radius 1 is 1.52 bits per heavy atom. The monoisotopic (exact) mass is 311 g/mol. The second-order valence-corrected chi connectivity index (χ2v) is 4.99. The minimum Gasteiger partial charge on any atom is -0.491 e. The van der Waals surface area contributed by atoms with Crippen molar-refractivity contribution in [2.45, 2.75) is 6.10 Å². The van der Waals surface area contributed by atoms with E-state index >= 15 is 0 Å². The molecule has 0 saturated heterocycles. The number of ether oxygens (including phenoxy) is 1. The van der Waals surface area contributed by atoms with Gasteiger partial charge < -0.3 is 15.2 Å². The summed E-state index contributed by atoms with van der Waals surface area (Å²) in [4.78, 5) is 15.4. The molecule has 6 nitrogen and oxygen atoms in total. The van der Waals surface area contributed by atoms with E-state index in [1.807, 2.05) is 0 Å². The second kappa shape index (κ2) is 7.55. The van der Waals surface area contributed by atoms with E-state index in [1.54, 1.807) is 17.6 Å². The van der Waals surface area contributed by atoms with Crippen molar-refractivity contribution < 1.29 is 19.0 Å². The molecule has 3 N–H and O–H groups in total. The van der Waals surface area contributed by atoms with Crippen LogP contribution in [0.5, 0.6) is 5.75 Å². The van der Waals surface area contributed by atoms with Crippen molar-refractivity contribution in [3.63, 3.8) is 0 Å². The largest absolute Gasteiger partial charge is 0.491 e. The first-order valence-corrected chi connectivity index (χ1v) is 7.02. The zero-order valence-electron chi connectivity index (χ0n) is 11.0. The van der Waals surface area contributed by atoms with Gasteiger partial charge in [0, 0.05) is 24.2 Å². The van der Waals surface area contributed by atoms with Gasteiger partial charge in [-0.3, -0.25) is 5.32 Å². The number of thiazole rings is 1. The molecule has 0 radical (unpaired) electrons. The molecule has 0 spiro atoms. The highest BCUT2D eigenvalue weighted by Gasteiger charge is 2.09. The molecule has 1 heterocycles. The number of anilines is 1. The molecule has 2 amide bonds. The normalized spacial score (nSPS) is 11.7. The van der Waals surface area contributed by atoms with Gasteiger partial charge in [-0.25, -0.2) is 14.2 Å². The quantitative estimate of drug-likeness (QED) is 0.760. The van der Waals surface area contributed by atoms with Gasteiger partial charge in [0.15, 0.2) is 5.13 Å². The third-order valence-electron chi connectivity index (χ3n) is 2.39. The lowest BCUT2D eigenvalue weighted by atomic mass is 10.3. The van der Waals surface area contributed by atoms with Crippen molar-refractivity contribution in [1.29, 1.82) is 0 Å². The van der Waals surface area contributed by atoms with E-state index in [2.05, 4.69) is 15.6 Å². The second-order valence-electron chi connectivity index (χ2n) is 4.09. The SMILES string of the molecule is O=C(NC[C@H](O)COc1cccc(F)c1)Nc1nccs1. The number of benzene rings is 1. The Balaban J connectivity index is 1.67. The lowest BCUT2D eigenvalue weighted by Crippen LogP contribution is -2.37. The van der Waals surface area contributed by atoms with Crippen LogP contribution >= 0.6 is 11.3 Å². The molecular weight excluding hydrogens is 297 g/mol. The van der Waals surface area contributed by atoms with Crippen molar-refractivity contribution in [3.8, 4) is 5.75 Å². The van der Waals surface area contributed by atoms with Crippen LogP contribution in [-0.2, 0) is 0 Å². The molecule has 0 bridgehead atoms. The highest BCUT2D eigenvalue weighted by atomic mass is 32.1. The Morgan fingerprint density at radius 2 is 2.38 bits per heavy atom. The van der Waals surface area contributed by atoms with Crippen LogP contribution in [0.4, 0.5) is 14.3 Å². The Kier molecular flexibility index (Phi) is 5.47. The van der Waals surface area contributed by atoms with Gasteiger partial charge >= 0.3 is 6.03 Å². The first-order valence-electron chi connectivity index (χ1n) is 6.14. The summed E-state index contributed by atoms with van der Waals surface area (Å²) in [6.45, 7) is -0.0481. The molecule has 8 heteroatoms. The van der Waals surface area contributed by atoms with Crippen LogP contribution in [0.25, 0.3) is 0 Å². The number of nitrogens with zero attached hydrogens (tertiary/aromatic N) is 1. The molecule has 1 atom stereocenters. The number of rotatable bonds is 6. The summed E-state index contributed by atoms with van der Waals surface area (Å²) in [5.41, 5.74) is 0. The molecule has 1 aromatic carbocycles. The van der Waals surface area contributed by atoms with Gasteiger partial charge in [-0.05, 0) is 12.1 Å². The van der Waals surface area contributed by atoms with E-state index < -0.39 is 18.0 Å². The molecule has 0 unspecified atom stereocenters. The van der Waals surface area contributed by atoms with Crippen molar-refractivity contribution in [2.75, 3.05) is 18.5 Å². The average molecular weight is 311 g/mol. The van der Waals surface area contributed by atoms with Gasteiger partial charge in [-0.1, -0.05) is 6.07 Å². The molecule has 1 aromatic heterocycles. The maximum absolute atomic E-state index is 12.9. The van der Waals surface area contributed by atoms with E-state index in [9.17, 15) is 14.3 Å². The van der Waals surface area contributed by atoms with Gasteiger partial charge in [-0.2, -0.15) is 0 Å². The fraction of sp³-hybridized carbons (Fsp3) is 0.231. The van der Waals surface area contributed by atoms with Crippen molar-refractivity contribution in [1.82, 2.24) is 10.3 Å². The number of urea groups is 1. The molecule has 21 heavy (non-hydrogen) atoms. The first-order chi connectivity index (χ1) is 10.1. The van der Waals surface area contributed by atoms with E-state index in [4.69, 9.17) is 4.74 Å². The highest BCUT2D eigenvalue weighted by molar-refractivity contribution is 7.13. The van der Waals surface area contributed by atoms with Gasteiger partial charge in [0.25, 0.3) is 0 Å². The van der Waals surface area contributed by atoms with Crippen molar-refractivity contribution in [2.24, 2.45) is 0 Å². The molecular formula is C13H14FN3O3S. The number of nitrogens with one attached hydrogen (secondary N) is 2. The highest BCUT2D eigenvalue weighted by Crippen LogP contribution is 2.12. The zero-order valence-corrected chi connectivity index (χ0v) is 11.8. The number of hydrogen-bond donors (Lipinski definition) is 3. The summed E-state index contributed by atoms with van der Waals surface area (Å²) in [5.74, 6) is -0.0933. The predicted octanol–water partition coefficient (Wildman–Crippen LogP) is 1.84. The van der Waals surface area contributed by atoms with E-state index in [0.717, 1.165) is 0 Å². The zero-order chi connectivity index (χ0) is 15.1. The summed E-state index contributed by atoms with van der Waals surface area (Å²) >= 11 is 1.29. The van der Waals surface area contributed by atoms with Crippen LogP contribution < -0.4 is 15.4 Å². The number of aliphatic hydroxyl groups excluding tert-OH is 1. The topological polar surface area (TPSA) is 83.5 Å². The van der Waals surface area contributed by atoms with Gasteiger partial charge in [-0.15, -0.1) is 11.3 Å². The maximum Gasteiger partial charge on any atom is 0.321 e. The summed E-state index contributed by atoms with van der Waals surface area (Å²) < 4.78 is 18.1. The number of hydrogen-bond acceptors (Lipinski definition) is 5. The summed E-state index contributed by atoms with van der Waals surface area (Å²) in [6, 6.07) is 5.15. The van der Waals surface area contributed by atoms with E-state index in [0.29, 0.717) is 10.9 Å². The van der Waals surface area contributed by atoms with Crippen LogP contribution in [0, 0.1) is 5.82 Å². The number of halogens is 1. The molecule has 0 aliphatic heterocycles. The summed E-state index contributed by atoms with van der Waals surface area (Å²) in [6.07, 6.45) is 0.664. The first kappa shape index (κ1) is 15.2. The van der Waals surface area contributed by atoms with Gasteiger partial charge in [0.05, 0.1) is 0 Å². The molecule has 2 aromatic rings. The van der Waals surface area contributed by atoms with Crippen molar-refractivity contribution >= 4 is 22.5 Å². The van der Waals surface area contributed by atoms with Gasteiger partial charge in [0.1, 0.15) is 24.3 Å². The minimum atomic E-state index is -0.907. The Morgan fingerprint density at radius 3 is 3.10 bits per heavy atom.